The van der Waals surface area contributed by atoms with Crippen LogP contribution in [0, 0.1) is 6.92 Å². The second-order valence-electron chi connectivity index (χ2n) is 7.07. The maximum absolute atomic E-state index is 12.9. The number of nitrogens with zero attached hydrogens (tertiary/aromatic N) is 2. The van der Waals surface area contributed by atoms with Gasteiger partial charge >= 0.3 is 5.97 Å². The Hall–Kier alpha value is -2.93. The van der Waals surface area contributed by atoms with Crippen LogP contribution in [-0.4, -0.2) is 49.1 Å². The van der Waals surface area contributed by atoms with Gasteiger partial charge in [0, 0.05) is 25.3 Å². The number of benzene rings is 1. The minimum Gasteiger partial charge on any atom is -0.465 e. The van der Waals surface area contributed by atoms with Crippen LogP contribution in [0.5, 0.6) is 0 Å². The molecule has 28 heavy (non-hydrogen) atoms. The first kappa shape index (κ1) is 21.4. The average molecular weight is 385 g/mol. The van der Waals surface area contributed by atoms with Gasteiger partial charge in [0.2, 0.25) is 0 Å². The van der Waals surface area contributed by atoms with Crippen molar-refractivity contribution in [1.29, 1.82) is 0 Å². The minimum atomic E-state index is -0.414. The molecule has 1 aromatic heterocycles. The van der Waals surface area contributed by atoms with E-state index >= 15 is 0 Å². The van der Waals surface area contributed by atoms with Gasteiger partial charge in [-0.1, -0.05) is 12.1 Å². The standard InChI is InChI=1S/C21H27N3O4/c1-14-10-11-24(15(2)13-23(3)4)20(26)18(14)19(25)22-12-16-6-8-17(9-7-16)21(27)28-5/h6-11,15H,12-13H2,1-5H3,(H,22,25). The first-order valence-electron chi connectivity index (χ1n) is 9.06. The van der Waals surface area contributed by atoms with Crippen LogP contribution >= 0.6 is 0 Å². The van der Waals surface area contributed by atoms with Crippen LogP contribution in [0.15, 0.2) is 41.3 Å². The van der Waals surface area contributed by atoms with Gasteiger partial charge in [0.25, 0.3) is 11.5 Å². The van der Waals surface area contributed by atoms with Crippen LogP contribution < -0.4 is 10.9 Å². The summed E-state index contributed by atoms with van der Waals surface area (Å²) in [7, 11) is 5.20. The van der Waals surface area contributed by atoms with Crippen molar-refractivity contribution in [3.63, 3.8) is 0 Å². The van der Waals surface area contributed by atoms with E-state index < -0.39 is 11.9 Å². The van der Waals surface area contributed by atoms with Crippen molar-refractivity contribution < 1.29 is 14.3 Å². The van der Waals surface area contributed by atoms with Gasteiger partial charge in [-0.05, 0) is 57.3 Å². The third kappa shape index (κ3) is 5.07. The van der Waals surface area contributed by atoms with Crippen molar-refractivity contribution in [3.05, 3.63) is 69.1 Å². The van der Waals surface area contributed by atoms with Crippen LogP contribution in [0.1, 0.15) is 44.8 Å². The monoisotopic (exact) mass is 385 g/mol. The first-order valence-corrected chi connectivity index (χ1v) is 9.06. The first-order chi connectivity index (χ1) is 13.2. The van der Waals surface area contributed by atoms with Crippen molar-refractivity contribution >= 4 is 11.9 Å². The molecule has 0 spiro atoms. The number of carbonyl (C=O) groups excluding carboxylic acids is 2. The molecule has 2 rings (SSSR count). The summed E-state index contributed by atoms with van der Waals surface area (Å²) >= 11 is 0. The van der Waals surface area contributed by atoms with Crippen molar-refractivity contribution in [3.8, 4) is 0 Å². The molecule has 1 N–H and O–H groups in total. The Bertz CT molecular complexity index is 901. The highest BCUT2D eigenvalue weighted by molar-refractivity contribution is 5.95. The fourth-order valence-electron chi connectivity index (χ4n) is 3.03. The zero-order chi connectivity index (χ0) is 20.8. The maximum Gasteiger partial charge on any atom is 0.337 e. The third-order valence-corrected chi connectivity index (χ3v) is 4.49. The number of aryl methyl sites for hydroxylation is 1. The summed E-state index contributed by atoms with van der Waals surface area (Å²) in [4.78, 5) is 39.0. The van der Waals surface area contributed by atoms with Crippen LogP contribution in [0.25, 0.3) is 0 Å². The lowest BCUT2D eigenvalue weighted by atomic mass is 10.1. The Morgan fingerprint density at radius 3 is 2.39 bits per heavy atom. The second kappa shape index (κ2) is 9.32. The fraction of sp³-hybridized carbons (Fsp3) is 0.381. The van der Waals surface area contributed by atoms with Gasteiger partial charge in [-0.3, -0.25) is 9.59 Å². The molecule has 0 aliphatic heterocycles. The molecule has 150 valence electrons. The van der Waals surface area contributed by atoms with Crippen molar-refractivity contribution in [2.24, 2.45) is 0 Å². The molecule has 0 saturated carbocycles. The molecule has 0 aliphatic rings. The highest BCUT2D eigenvalue weighted by Gasteiger charge is 2.18. The molecule has 1 amide bonds. The molecule has 1 atom stereocenters. The van der Waals surface area contributed by atoms with E-state index in [9.17, 15) is 14.4 Å². The predicted octanol–water partition coefficient (Wildman–Crippen LogP) is 2.00. The summed E-state index contributed by atoms with van der Waals surface area (Å²) < 4.78 is 6.25. The van der Waals surface area contributed by atoms with Gasteiger partial charge in [0.05, 0.1) is 12.7 Å². The van der Waals surface area contributed by atoms with Crippen LogP contribution in [0.2, 0.25) is 0 Å². The Balaban J connectivity index is 2.15. The molecule has 1 aromatic carbocycles. The Morgan fingerprint density at radius 2 is 1.82 bits per heavy atom. The van der Waals surface area contributed by atoms with E-state index in [1.165, 1.54) is 7.11 Å². The number of carbonyl (C=O) groups is 2. The Kier molecular flexibility index (Phi) is 7.12. The molecular weight excluding hydrogens is 358 g/mol. The number of esters is 1. The zero-order valence-corrected chi connectivity index (χ0v) is 17.0. The highest BCUT2D eigenvalue weighted by Crippen LogP contribution is 2.09. The van der Waals surface area contributed by atoms with Crippen molar-refractivity contribution in [1.82, 2.24) is 14.8 Å². The number of hydrogen-bond donors (Lipinski definition) is 1. The highest BCUT2D eigenvalue weighted by atomic mass is 16.5. The second-order valence-corrected chi connectivity index (χ2v) is 7.07. The molecule has 0 fully saturated rings. The van der Waals surface area contributed by atoms with Gasteiger partial charge in [0.15, 0.2) is 0 Å². The summed E-state index contributed by atoms with van der Waals surface area (Å²) in [6, 6.07) is 8.48. The number of aromatic nitrogens is 1. The Morgan fingerprint density at radius 1 is 1.18 bits per heavy atom. The largest absolute Gasteiger partial charge is 0.465 e. The minimum absolute atomic E-state index is 0.0551. The molecule has 0 saturated heterocycles. The molecule has 7 nitrogen and oxygen atoms in total. The fourth-order valence-corrected chi connectivity index (χ4v) is 3.03. The molecule has 1 unspecified atom stereocenters. The maximum atomic E-state index is 12.9. The smallest absolute Gasteiger partial charge is 0.337 e. The van der Waals surface area contributed by atoms with Crippen LogP contribution in [0.4, 0.5) is 0 Å². The average Bonchev–Trinajstić information content (AvgIpc) is 2.65. The lowest BCUT2D eigenvalue weighted by molar-refractivity contribution is 0.0600. The van der Waals surface area contributed by atoms with Crippen molar-refractivity contribution in [2.45, 2.75) is 26.4 Å². The van der Waals surface area contributed by atoms with Gasteiger partial charge in [-0.15, -0.1) is 0 Å². The summed E-state index contributed by atoms with van der Waals surface area (Å²) in [5, 5.41) is 2.79. The molecule has 7 heteroatoms. The number of amides is 1. The van der Waals surface area contributed by atoms with Gasteiger partial charge in [-0.25, -0.2) is 4.79 Å². The lowest BCUT2D eigenvalue weighted by Crippen LogP contribution is -2.36. The van der Waals surface area contributed by atoms with Crippen molar-refractivity contribution in [2.75, 3.05) is 27.7 Å². The molecule has 0 bridgehead atoms. The summed E-state index contributed by atoms with van der Waals surface area (Å²) in [6.45, 7) is 4.64. The van der Waals surface area contributed by atoms with E-state index in [-0.39, 0.29) is 23.7 Å². The number of ether oxygens (including phenoxy) is 1. The van der Waals surface area contributed by atoms with Gasteiger partial charge < -0.3 is 19.5 Å². The van der Waals surface area contributed by atoms with E-state index in [4.69, 9.17) is 0 Å². The molecule has 0 aliphatic carbocycles. The summed E-state index contributed by atoms with van der Waals surface area (Å²) in [5.74, 6) is -0.825. The van der Waals surface area contributed by atoms with E-state index in [1.807, 2.05) is 25.9 Å². The van der Waals surface area contributed by atoms with Gasteiger partial charge in [-0.2, -0.15) is 0 Å². The number of hydrogen-bond acceptors (Lipinski definition) is 5. The SMILES string of the molecule is COC(=O)c1ccc(CNC(=O)c2c(C)ccn(C(C)CN(C)C)c2=O)cc1. The summed E-state index contributed by atoms with van der Waals surface area (Å²) in [5.41, 5.74) is 1.74. The quantitative estimate of drug-likeness (QED) is 0.738. The number of nitrogens with one attached hydrogen (secondary N) is 1. The van der Waals surface area contributed by atoms with E-state index in [1.54, 1.807) is 48.0 Å². The topological polar surface area (TPSA) is 80.6 Å². The van der Waals surface area contributed by atoms with E-state index in [0.29, 0.717) is 17.7 Å². The van der Waals surface area contributed by atoms with E-state index in [2.05, 4.69) is 10.1 Å². The molecule has 0 radical (unpaired) electrons. The van der Waals surface area contributed by atoms with Crippen LogP contribution in [-0.2, 0) is 11.3 Å². The number of rotatable bonds is 7. The number of methoxy groups -OCH3 is 1. The van der Waals surface area contributed by atoms with Crippen LogP contribution in [0.3, 0.4) is 0 Å². The Labute approximate surface area is 164 Å². The summed E-state index contributed by atoms with van der Waals surface area (Å²) in [6.07, 6.45) is 1.73. The van der Waals surface area contributed by atoms with E-state index in [0.717, 1.165) is 5.56 Å². The zero-order valence-electron chi connectivity index (χ0n) is 17.0. The molecule has 1 heterocycles. The third-order valence-electron chi connectivity index (χ3n) is 4.49. The predicted molar refractivity (Wildman–Crippen MR) is 108 cm³/mol. The molecular formula is C21H27N3O4. The number of likely N-dealkylation sites (N-methyl/N-ethyl adjacent to an activating group) is 1. The molecule has 2 aromatic rings. The normalized spacial score (nSPS) is 11.9. The number of pyridine rings is 1. The van der Waals surface area contributed by atoms with Gasteiger partial charge in [0.1, 0.15) is 5.56 Å². The lowest BCUT2D eigenvalue weighted by Gasteiger charge is -2.20.